The summed E-state index contributed by atoms with van der Waals surface area (Å²) in [5.41, 5.74) is 0. The standard InChI is InChI=1S/C9H10O2/c10-8-4-3-7(6-8)9-2-1-5-11-9/h1-5,7-8,10H,6H2/t7-,8-/m1/s1. The Morgan fingerprint density at radius 3 is 2.91 bits per heavy atom. The maximum absolute atomic E-state index is 9.17. The second-order valence-corrected chi connectivity index (χ2v) is 2.81. The van der Waals surface area contributed by atoms with Crippen LogP contribution in [0.1, 0.15) is 18.1 Å². The molecular weight excluding hydrogens is 140 g/mol. The lowest BCUT2D eigenvalue weighted by Gasteiger charge is -2.03. The van der Waals surface area contributed by atoms with Gasteiger partial charge in [-0.05, 0) is 18.6 Å². The molecule has 0 saturated heterocycles. The summed E-state index contributed by atoms with van der Waals surface area (Å²) in [6.45, 7) is 0. The maximum Gasteiger partial charge on any atom is 0.110 e. The van der Waals surface area contributed by atoms with Gasteiger partial charge in [-0.2, -0.15) is 0 Å². The van der Waals surface area contributed by atoms with Crippen LogP contribution in [0.3, 0.4) is 0 Å². The molecule has 0 amide bonds. The van der Waals surface area contributed by atoms with Crippen molar-refractivity contribution in [1.29, 1.82) is 0 Å². The van der Waals surface area contributed by atoms with Gasteiger partial charge in [0, 0.05) is 5.92 Å². The Labute approximate surface area is 65.1 Å². The van der Waals surface area contributed by atoms with E-state index >= 15 is 0 Å². The fraction of sp³-hybridized carbons (Fsp3) is 0.333. The number of aliphatic hydroxyl groups is 1. The van der Waals surface area contributed by atoms with E-state index < -0.39 is 0 Å². The van der Waals surface area contributed by atoms with E-state index in [9.17, 15) is 0 Å². The van der Waals surface area contributed by atoms with Crippen molar-refractivity contribution in [1.82, 2.24) is 0 Å². The molecule has 0 aliphatic heterocycles. The topological polar surface area (TPSA) is 33.4 Å². The molecule has 0 fully saturated rings. The third-order valence-corrected chi connectivity index (χ3v) is 1.97. The summed E-state index contributed by atoms with van der Waals surface area (Å²) >= 11 is 0. The van der Waals surface area contributed by atoms with E-state index in [-0.39, 0.29) is 12.0 Å². The van der Waals surface area contributed by atoms with Crippen LogP contribution in [0.2, 0.25) is 0 Å². The SMILES string of the molecule is O[C@@H]1C=C[C@@H](c2ccco2)C1. The molecule has 0 radical (unpaired) electrons. The number of rotatable bonds is 1. The summed E-state index contributed by atoms with van der Waals surface area (Å²) in [4.78, 5) is 0. The molecule has 2 atom stereocenters. The Morgan fingerprint density at radius 1 is 1.45 bits per heavy atom. The van der Waals surface area contributed by atoms with E-state index in [4.69, 9.17) is 9.52 Å². The molecule has 58 valence electrons. The molecule has 1 aromatic heterocycles. The molecule has 1 aliphatic rings. The predicted octanol–water partition coefficient (Wildman–Crippen LogP) is 1.68. The lowest BCUT2D eigenvalue weighted by atomic mass is 10.1. The average molecular weight is 150 g/mol. The minimum absolute atomic E-state index is 0.278. The van der Waals surface area contributed by atoms with E-state index in [1.54, 1.807) is 6.26 Å². The highest BCUT2D eigenvalue weighted by Crippen LogP contribution is 2.28. The molecule has 0 bridgehead atoms. The Kier molecular flexibility index (Phi) is 1.55. The van der Waals surface area contributed by atoms with Crippen molar-refractivity contribution in [2.75, 3.05) is 0 Å². The molecule has 1 aliphatic carbocycles. The number of hydrogen-bond donors (Lipinski definition) is 1. The first kappa shape index (κ1) is 6.68. The number of hydrogen-bond acceptors (Lipinski definition) is 2. The largest absolute Gasteiger partial charge is 0.469 e. The molecule has 11 heavy (non-hydrogen) atoms. The van der Waals surface area contributed by atoms with Crippen molar-refractivity contribution >= 4 is 0 Å². The minimum atomic E-state index is -0.287. The second-order valence-electron chi connectivity index (χ2n) is 2.81. The third-order valence-electron chi connectivity index (χ3n) is 1.97. The predicted molar refractivity (Wildman–Crippen MR) is 41.2 cm³/mol. The first-order valence-corrected chi connectivity index (χ1v) is 3.76. The van der Waals surface area contributed by atoms with Gasteiger partial charge in [0.05, 0.1) is 12.4 Å². The van der Waals surface area contributed by atoms with Crippen molar-refractivity contribution < 1.29 is 9.52 Å². The third kappa shape index (κ3) is 1.21. The fourth-order valence-electron chi connectivity index (χ4n) is 1.39. The number of allylic oxidation sites excluding steroid dienone is 1. The maximum atomic E-state index is 9.17. The summed E-state index contributed by atoms with van der Waals surface area (Å²) in [6, 6.07) is 3.81. The van der Waals surface area contributed by atoms with Crippen LogP contribution in [0.25, 0.3) is 0 Å². The van der Waals surface area contributed by atoms with Crippen molar-refractivity contribution in [3.8, 4) is 0 Å². The highest BCUT2D eigenvalue weighted by Gasteiger charge is 2.19. The summed E-state index contributed by atoms with van der Waals surface area (Å²) in [5, 5.41) is 9.17. The first-order chi connectivity index (χ1) is 5.36. The van der Waals surface area contributed by atoms with E-state index in [0.717, 1.165) is 12.2 Å². The van der Waals surface area contributed by atoms with Gasteiger partial charge in [0.15, 0.2) is 0 Å². The van der Waals surface area contributed by atoms with Gasteiger partial charge < -0.3 is 9.52 Å². The highest BCUT2D eigenvalue weighted by molar-refractivity contribution is 5.18. The Balaban J connectivity index is 2.15. The zero-order valence-corrected chi connectivity index (χ0v) is 6.10. The quantitative estimate of drug-likeness (QED) is 0.618. The van der Waals surface area contributed by atoms with Gasteiger partial charge in [-0.25, -0.2) is 0 Å². The van der Waals surface area contributed by atoms with Crippen LogP contribution in [0, 0.1) is 0 Å². The van der Waals surface area contributed by atoms with Crippen LogP contribution >= 0.6 is 0 Å². The van der Waals surface area contributed by atoms with E-state index in [1.165, 1.54) is 0 Å². The fourth-order valence-corrected chi connectivity index (χ4v) is 1.39. The van der Waals surface area contributed by atoms with E-state index in [1.807, 2.05) is 24.3 Å². The molecule has 0 spiro atoms. The van der Waals surface area contributed by atoms with Crippen LogP contribution in [0.5, 0.6) is 0 Å². The van der Waals surface area contributed by atoms with Crippen molar-refractivity contribution in [2.24, 2.45) is 0 Å². The highest BCUT2D eigenvalue weighted by atomic mass is 16.3. The van der Waals surface area contributed by atoms with Gasteiger partial charge in [0.25, 0.3) is 0 Å². The van der Waals surface area contributed by atoms with Crippen LogP contribution in [-0.2, 0) is 0 Å². The van der Waals surface area contributed by atoms with Crippen LogP contribution in [-0.4, -0.2) is 11.2 Å². The summed E-state index contributed by atoms with van der Waals surface area (Å²) in [6.07, 6.45) is 5.93. The summed E-state index contributed by atoms with van der Waals surface area (Å²) in [7, 11) is 0. The first-order valence-electron chi connectivity index (χ1n) is 3.76. The van der Waals surface area contributed by atoms with Crippen LogP contribution < -0.4 is 0 Å². The van der Waals surface area contributed by atoms with Gasteiger partial charge in [-0.3, -0.25) is 0 Å². The summed E-state index contributed by atoms with van der Waals surface area (Å²) in [5.74, 6) is 1.22. The molecule has 1 aromatic rings. The van der Waals surface area contributed by atoms with Crippen molar-refractivity contribution in [2.45, 2.75) is 18.4 Å². The molecule has 1 N–H and O–H groups in total. The zero-order chi connectivity index (χ0) is 7.68. The lowest BCUT2D eigenvalue weighted by Crippen LogP contribution is -1.99. The molecule has 0 unspecified atom stereocenters. The molecule has 2 heteroatoms. The normalized spacial score (nSPS) is 29.5. The lowest BCUT2D eigenvalue weighted by molar-refractivity contribution is 0.215. The Morgan fingerprint density at radius 2 is 2.36 bits per heavy atom. The number of aliphatic hydroxyl groups excluding tert-OH is 1. The molecule has 0 aromatic carbocycles. The average Bonchev–Trinajstić information content (AvgIpc) is 2.55. The van der Waals surface area contributed by atoms with E-state index in [0.29, 0.717) is 0 Å². The summed E-state index contributed by atoms with van der Waals surface area (Å²) < 4.78 is 5.20. The van der Waals surface area contributed by atoms with Gasteiger partial charge in [0.1, 0.15) is 5.76 Å². The smallest absolute Gasteiger partial charge is 0.110 e. The van der Waals surface area contributed by atoms with Crippen LogP contribution in [0.4, 0.5) is 0 Å². The second kappa shape index (κ2) is 2.55. The Bertz CT molecular complexity index is 249. The number of furan rings is 1. The van der Waals surface area contributed by atoms with Gasteiger partial charge in [0.2, 0.25) is 0 Å². The monoisotopic (exact) mass is 150 g/mol. The van der Waals surface area contributed by atoms with Gasteiger partial charge in [-0.15, -0.1) is 0 Å². The molecule has 2 rings (SSSR count). The van der Waals surface area contributed by atoms with Crippen molar-refractivity contribution in [3.63, 3.8) is 0 Å². The van der Waals surface area contributed by atoms with Crippen molar-refractivity contribution in [3.05, 3.63) is 36.3 Å². The van der Waals surface area contributed by atoms with E-state index in [2.05, 4.69) is 0 Å². The van der Waals surface area contributed by atoms with Gasteiger partial charge in [-0.1, -0.05) is 12.2 Å². The molecule has 1 heterocycles. The minimum Gasteiger partial charge on any atom is -0.469 e. The zero-order valence-electron chi connectivity index (χ0n) is 6.10. The molecule has 0 saturated carbocycles. The Hall–Kier alpha value is -1.02. The van der Waals surface area contributed by atoms with Gasteiger partial charge >= 0.3 is 0 Å². The molecule has 2 nitrogen and oxygen atoms in total. The van der Waals surface area contributed by atoms with Crippen LogP contribution in [0.15, 0.2) is 35.0 Å². The molecular formula is C9H10O2.